The van der Waals surface area contributed by atoms with Crippen LogP contribution in [0.2, 0.25) is 0 Å². The first-order chi connectivity index (χ1) is 7.42. The Balaban J connectivity index is 2.34. The second-order valence-corrected chi connectivity index (χ2v) is 4.65. The van der Waals surface area contributed by atoms with E-state index in [1.165, 1.54) is 0 Å². The van der Waals surface area contributed by atoms with E-state index < -0.39 is 9.85 Å². The van der Waals surface area contributed by atoms with Gasteiger partial charge in [0, 0.05) is 5.54 Å². The first kappa shape index (κ1) is 10.1. The monoisotopic (exact) mass is 216 g/mol. The molecule has 0 bridgehead atoms. The molecular formula is C13H13FSi. The summed E-state index contributed by atoms with van der Waals surface area (Å²) in [6, 6.07) is 19.8. The summed E-state index contributed by atoms with van der Waals surface area (Å²) in [6.07, 6.45) is 0. The molecule has 15 heavy (non-hydrogen) atoms. The third kappa shape index (κ3) is 2.33. The van der Waals surface area contributed by atoms with Crippen molar-refractivity contribution < 1.29 is 4.11 Å². The molecule has 0 aliphatic rings. The summed E-state index contributed by atoms with van der Waals surface area (Å²) >= 11 is 0. The van der Waals surface area contributed by atoms with Gasteiger partial charge < -0.3 is 4.11 Å². The highest BCUT2D eigenvalue weighted by Gasteiger charge is 2.13. The Morgan fingerprint density at radius 1 is 0.733 bits per heavy atom. The maximum Gasteiger partial charge on any atom is 0.228 e. The van der Waals surface area contributed by atoms with E-state index in [-0.39, 0.29) is 5.54 Å². The van der Waals surface area contributed by atoms with Gasteiger partial charge in [-0.3, -0.25) is 0 Å². The molecule has 0 nitrogen and oxygen atoms in total. The van der Waals surface area contributed by atoms with E-state index in [2.05, 4.69) is 0 Å². The molecule has 0 saturated carbocycles. The summed E-state index contributed by atoms with van der Waals surface area (Å²) in [5.41, 5.74) is 2.20. The Morgan fingerprint density at radius 3 is 1.47 bits per heavy atom. The fraction of sp³-hybridized carbons (Fsp3) is 0.0769. The summed E-state index contributed by atoms with van der Waals surface area (Å²) in [7, 11) is -1.57. The van der Waals surface area contributed by atoms with Gasteiger partial charge in [0.15, 0.2) is 0 Å². The Kier molecular flexibility index (Phi) is 3.30. The summed E-state index contributed by atoms with van der Waals surface area (Å²) < 4.78 is 13.2. The average Bonchev–Trinajstić information content (AvgIpc) is 2.33. The van der Waals surface area contributed by atoms with Gasteiger partial charge in [-0.05, 0) is 11.1 Å². The van der Waals surface area contributed by atoms with Gasteiger partial charge >= 0.3 is 0 Å². The zero-order valence-corrected chi connectivity index (χ0v) is 9.85. The molecule has 76 valence electrons. The molecule has 2 rings (SSSR count). The molecule has 0 aliphatic carbocycles. The van der Waals surface area contributed by atoms with Crippen LogP contribution in [-0.2, 0) is 0 Å². The van der Waals surface area contributed by atoms with Gasteiger partial charge in [0.1, 0.15) is 0 Å². The van der Waals surface area contributed by atoms with Crippen LogP contribution in [0.15, 0.2) is 60.7 Å². The molecule has 0 amide bonds. The third-order valence-corrected chi connectivity index (χ3v) is 3.81. The van der Waals surface area contributed by atoms with E-state index in [0.29, 0.717) is 0 Å². The molecule has 2 aromatic rings. The van der Waals surface area contributed by atoms with Crippen LogP contribution in [0.25, 0.3) is 0 Å². The fourth-order valence-corrected chi connectivity index (χ4v) is 2.64. The molecule has 0 heterocycles. The molecule has 0 fully saturated rings. The number of halogens is 1. The largest absolute Gasteiger partial charge is 0.322 e. The lowest BCUT2D eigenvalue weighted by Crippen LogP contribution is -2.05. The number of benzene rings is 2. The van der Waals surface area contributed by atoms with Gasteiger partial charge in [-0.25, -0.2) is 0 Å². The van der Waals surface area contributed by atoms with Crippen molar-refractivity contribution >= 4 is 9.85 Å². The highest BCUT2D eigenvalue weighted by Crippen LogP contribution is 2.23. The lowest BCUT2D eigenvalue weighted by molar-refractivity contribution is 0.834. The molecule has 0 spiro atoms. The normalized spacial score (nSPS) is 11.3. The number of rotatable bonds is 3. The van der Waals surface area contributed by atoms with Crippen LogP contribution in [0.4, 0.5) is 4.11 Å². The van der Waals surface area contributed by atoms with Crippen LogP contribution >= 0.6 is 0 Å². The number of hydrogen-bond donors (Lipinski definition) is 0. The van der Waals surface area contributed by atoms with Crippen LogP contribution in [0.3, 0.4) is 0 Å². The van der Waals surface area contributed by atoms with E-state index in [1.807, 2.05) is 60.7 Å². The predicted molar refractivity (Wildman–Crippen MR) is 64.4 cm³/mol. The van der Waals surface area contributed by atoms with Crippen molar-refractivity contribution in [3.8, 4) is 0 Å². The zero-order valence-electron chi connectivity index (χ0n) is 8.44. The first-order valence-corrected chi connectivity index (χ1v) is 6.43. The van der Waals surface area contributed by atoms with Gasteiger partial charge in [-0.15, -0.1) is 0 Å². The standard InChI is InChI=1S/C13H13FSi/c14-15-13(11-7-3-1-4-8-11)12-9-5-2-6-10-12/h1-10,13H,15H2. The molecule has 0 saturated heterocycles. The summed E-state index contributed by atoms with van der Waals surface area (Å²) in [5, 5.41) is 0. The molecular weight excluding hydrogens is 203 g/mol. The lowest BCUT2D eigenvalue weighted by atomic mass is 10.0. The zero-order chi connectivity index (χ0) is 10.5. The molecule has 2 heteroatoms. The van der Waals surface area contributed by atoms with Crippen LogP contribution in [0.1, 0.15) is 16.7 Å². The van der Waals surface area contributed by atoms with Gasteiger partial charge in [0.05, 0.1) is 0 Å². The third-order valence-electron chi connectivity index (χ3n) is 2.56. The van der Waals surface area contributed by atoms with Crippen LogP contribution in [0, 0.1) is 0 Å². The maximum absolute atomic E-state index is 13.2. The summed E-state index contributed by atoms with van der Waals surface area (Å²) in [5.74, 6) is 0. The molecule has 0 aliphatic heterocycles. The Labute approximate surface area is 91.8 Å². The van der Waals surface area contributed by atoms with E-state index in [4.69, 9.17) is 0 Å². The smallest absolute Gasteiger partial charge is 0.228 e. The van der Waals surface area contributed by atoms with E-state index in [0.717, 1.165) is 11.1 Å². The highest BCUT2D eigenvalue weighted by molar-refractivity contribution is 6.30. The Morgan fingerprint density at radius 2 is 1.13 bits per heavy atom. The Bertz CT molecular complexity index is 360. The van der Waals surface area contributed by atoms with Crippen molar-refractivity contribution in [3.63, 3.8) is 0 Å². The minimum Gasteiger partial charge on any atom is -0.322 e. The molecule has 2 aromatic carbocycles. The van der Waals surface area contributed by atoms with Gasteiger partial charge in [0.2, 0.25) is 9.85 Å². The van der Waals surface area contributed by atoms with Crippen LogP contribution in [-0.4, -0.2) is 9.85 Å². The molecule has 0 N–H and O–H groups in total. The molecule has 0 aromatic heterocycles. The van der Waals surface area contributed by atoms with E-state index in [1.54, 1.807) is 0 Å². The minimum absolute atomic E-state index is 0.00685. The van der Waals surface area contributed by atoms with Gasteiger partial charge in [-0.1, -0.05) is 60.7 Å². The van der Waals surface area contributed by atoms with Crippen molar-refractivity contribution in [1.82, 2.24) is 0 Å². The fourth-order valence-electron chi connectivity index (χ4n) is 1.74. The van der Waals surface area contributed by atoms with Crippen molar-refractivity contribution in [2.75, 3.05) is 0 Å². The van der Waals surface area contributed by atoms with Crippen molar-refractivity contribution in [3.05, 3.63) is 71.8 Å². The summed E-state index contributed by atoms with van der Waals surface area (Å²) in [6.45, 7) is 0. The van der Waals surface area contributed by atoms with Crippen LogP contribution < -0.4 is 0 Å². The van der Waals surface area contributed by atoms with Crippen molar-refractivity contribution in [2.24, 2.45) is 0 Å². The van der Waals surface area contributed by atoms with Crippen molar-refractivity contribution in [2.45, 2.75) is 5.54 Å². The molecule has 0 atom stereocenters. The first-order valence-electron chi connectivity index (χ1n) is 5.07. The lowest BCUT2D eigenvalue weighted by Gasteiger charge is -2.13. The average molecular weight is 216 g/mol. The second-order valence-electron chi connectivity index (χ2n) is 3.53. The predicted octanol–water partition coefficient (Wildman–Crippen LogP) is 2.83. The maximum atomic E-state index is 13.2. The van der Waals surface area contributed by atoms with E-state index >= 15 is 0 Å². The Hall–Kier alpha value is -1.41. The summed E-state index contributed by atoms with van der Waals surface area (Å²) in [4.78, 5) is 0. The number of hydrogen-bond acceptors (Lipinski definition) is 0. The second kappa shape index (κ2) is 4.89. The topological polar surface area (TPSA) is 0 Å². The van der Waals surface area contributed by atoms with Crippen LogP contribution in [0.5, 0.6) is 0 Å². The van der Waals surface area contributed by atoms with Gasteiger partial charge in [0.25, 0.3) is 0 Å². The SMILES string of the molecule is F[SiH2]C(c1ccccc1)c1ccccc1. The highest BCUT2D eigenvalue weighted by atomic mass is 28.3. The van der Waals surface area contributed by atoms with Crippen molar-refractivity contribution in [1.29, 1.82) is 0 Å². The molecule has 0 unspecified atom stereocenters. The minimum atomic E-state index is -1.57. The van der Waals surface area contributed by atoms with Gasteiger partial charge in [-0.2, -0.15) is 0 Å². The quantitative estimate of drug-likeness (QED) is 0.547. The molecule has 0 radical (unpaired) electrons. The van der Waals surface area contributed by atoms with E-state index in [9.17, 15) is 4.11 Å².